The maximum atomic E-state index is 5.67. The fourth-order valence-electron chi connectivity index (χ4n) is 4.42. The highest BCUT2D eigenvalue weighted by Gasteiger charge is 2.35. The number of hydrogen-bond acceptors (Lipinski definition) is 4. The van der Waals surface area contributed by atoms with Crippen LogP contribution < -0.4 is 10.1 Å². The minimum atomic E-state index is 0.0575. The molecule has 0 radical (unpaired) electrons. The first-order valence-corrected chi connectivity index (χ1v) is 10.9. The van der Waals surface area contributed by atoms with Crippen LogP contribution in [-0.4, -0.2) is 71.6 Å². The zero-order valence-corrected chi connectivity index (χ0v) is 18.3. The van der Waals surface area contributed by atoms with E-state index in [1.807, 2.05) is 7.05 Å². The first-order chi connectivity index (χ1) is 14.2. The van der Waals surface area contributed by atoms with Crippen LogP contribution in [0.4, 0.5) is 0 Å². The third kappa shape index (κ3) is 5.86. The summed E-state index contributed by atoms with van der Waals surface area (Å²) in [5.74, 6) is 2.63. The van der Waals surface area contributed by atoms with E-state index in [0.717, 1.165) is 70.0 Å². The molecule has 0 atom stereocenters. The van der Waals surface area contributed by atoms with Crippen molar-refractivity contribution in [3.8, 4) is 5.75 Å². The molecule has 0 aliphatic carbocycles. The van der Waals surface area contributed by atoms with E-state index < -0.39 is 0 Å². The molecule has 6 nitrogen and oxygen atoms in total. The van der Waals surface area contributed by atoms with Crippen LogP contribution in [0.2, 0.25) is 0 Å². The fourth-order valence-corrected chi connectivity index (χ4v) is 4.42. The average molecular weight is 404 g/mol. The summed E-state index contributed by atoms with van der Waals surface area (Å²) in [5, 5.41) is 3.66. The molecule has 1 aromatic carbocycles. The van der Waals surface area contributed by atoms with Crippen molar-refractivity contribution in [3.63, 3.8) is 0 Å². The topological polar surface area (TPSA) is 55.3 Å². The highest BCUT2D eigenvalue weighted by molar-refractivity contribution is 5.79. The third-order valence-electron chi connectivity index (χ3n) is 6.52. The van der Waals surface area contributed by atoms with Crippen molar-refractivity contribution < 1.29 is 14.2 Å². The molecule has 29 heavy (non-hydrogen) atoms. The third-order valence-corrected chi connectivity index (χ3v) is 6.52. The van der Waals surface area contributed by atoms with E-state index in [1.165, 1.54) is 24.8 Å². The van der Waals surface area contributed by atoms with E-state index in [0.29, 0.717) is 0 Å². The molecule has 2 aliphatic heterocycles. The molecule has 2 aliphatic rings. The molecule has 0 amide bonds. The number of nitrogens with zero attached hydrogens (tertiary/aromatic N) is 2. The largest absolute Gasteiger partial charge is 0.497 e. The van der Waals surface area contributed by atoms with Gasteiger partial charge in [0.1, 0.15) is 5.75 Å². The smallest absolute Gasteiger partial charge is 0.193 e. The predicted molar refractivity (Wildman–Crippen MR) is 117 cm³/mol. The van der Waals surface area contributed by atoms with E-state index in [2.05, 4.69) is 46.5 Å². The van der Waals surface area contributed by atoms with Crippen LogP contribution in [0.1, 0.15) is 37.7 Å². The second-order valence-corrected chi connectivity index (χ2v) is 8.29. The van der Waals surface area contributed by atoms with Gasteiger partial charge in [-0.25, -0.2) is 0 Å². The van der Waals surface area contributed by atoms with Crippen molar-refractivity contribution in [2.45, 2.75) is 37.5 Å². The lowest BCUT2D eigenvalue weighted by Gasteiger charge is -2.39. The highest BCUT2D eigenvalue weighted by atomic mass is 16.5. The minimum Gasteiger partial charge on any atom is -0.497 e. The minimum absolute atomic E-state index is 0.0575. The number of rotatable bonds is 7. The fraction of sp³-hybridized carbons (Fsp3) is 0.696. The molecular formula is C23H37N3O3. The van der Waals surface area contributed by atoms with E-state index >= 15 is 0 Å². The Bertz CT molecular complexity index is 635. The number of guanidine groups is 1. The summed E-state index contributed by atoms with van der Waals surface area (Å²) in [6, 6.07) is 8.51. The maximum Gasteiger partial charge on any atom is 0.193 e. The van der Waals surface area contributed by atoms with Crippen LogP contribution in [0, 0.1) is 5.92 Å². The zero-order chi connectivity index (χ0) is 20.5. The van der Waals surface area contributed by atoms with Gasteiger partial charge in [-0.3, -0.25) is 4.99 Å². The van der Waals surface area contributed by atoms with Gasteiger partial charge in [0.05, 0.1) is 7.11 Å². The van der Waals surface area contributed by atoms with Crippen LogP contribution in [-0.2, 0) is 14.9 Å². The monoisotopic (exact) mass is 403 g/mol. The molecular weight excluding hydrogens is 366 g/mol. The molecule has 0 spiro atoms. The Morgan fingerprint density at radius 3 is 2.41 bits per heavy atom. The first kappa shape index (κ1) is 21.9. The number of ether oxygens (including phenoxy) is 3. The second-order valence-electron chi connectivity index (χ2n) is 8.29. The molecule has 0 aromatic heterocycles. The summed E-state index contributed by atoms with van der Waals surface area (Å²) in [6.07, 6.45) is 5.57. The molecule has 1 N–H and O–H groups in total. The quantitative estimate of drug-likeness (QED) is 0.560. The second kappa shape index (κ2) is 10.8. The van der Waals surface area contributed by atoms with Crippen molar-refractivity contribution in [3.05, 3.63) is 29.8 Å². The van der Waals surface area contributed by atoms with Crippen molar-refractivity contribution in [1.82, 2.24) is 10.2 Å². The normalized spacial score (nSPS) is 20.3. The molecule has 2 heterocycles. The van der Waals surface area contributed by atoms with Gasteiger partial charge in [-0.15, -0.1) is 0 Å². The maximum absolute atomic E-state index is 5.67. The summed E-state index contributed by atoms with van der Waals surface area (Å²) in [4.78, 5) is 6.80. The Hall–Kier alpha value is -1.79. The van der Waals surface area contributed by atoms with Gasteiger partial charge in [0.15, 0.2) is 5.96 Å². The standard InChI is InChI=1S/C23H37N3O3/c1-24-22(26(2)13-8-19-9-14-28-15-10-19)25-18-23(11-16-29-17-12-23)20-4-6-21(27-3)7-5-20/h4-7,19H,8-18H2,1-3H3,(H,24,25). The lowest BCUT2D eigenvalue weighted by atomic mass is 9.74. The number of nitrogens with one attached hydrogen (secondary N) is 1. The van der Waals surface area contributed by atoms with Gasteiger partial charge in [-0.2, -0.15) is 0 Å². The van der Waals surface area contributed by atoms with Crippen LogP contribution in [0.15, 0.2) is 29.3 Å². The molecule has 0 saturated carbocycles. The Kier molecular flexibility index (Phi) is 8.19. The van der Waals surface area contributed by atoms with Gasteiger partial charge in [0.25, 0.3) is 0 Å². The molecule has 3 rings (SSSR count). The van der Waals surface area contributed by atoms with Crippen molar-refractivity contribution in [2.24, 2.45) is 10.9 Å². The summed E-state index contributed by atoms with van der Waals surface area (Å²) < 4.78 is 16.5. The lowest BCUT2D eigenvalue weighted by Crippen LogP contribution is -2.48. The summed E-state index contributed by atoms with van der Waals surface area (Å²) >= 11 is 0. The van der Waals surface area contributed by atoms with Gasteiger partial charge < -0.3 is 24.4 Å². The molecule has 2 fully saturated rings. The molecule has 1 aromatic rings. The SMILES string of the molecule is CN=C(NCC1(c2ccc(OC)cc2)CCOCC1)N(C)CCC1CCOCC1. The Balaban J connectivity index is 1.60. The number of aliphatic imine (C=N–C) groups is 1. The zero-order valence-electron chi connectivity index (χ0n) is 18.3. The predicted octanol–water partition coefficient (Wildman–Crippen LogP) is 3.07. The average Bonchev–Trinajstić information content (AvgIpc) is 2.79. The summed E-state index contributed by atoms with van der Waals surface area (Å²) in [6.45, 7) is 5.29. The Morgan fingerprint density at radius 2 is 1.79 bits per heavy atom. The van der Waals surface area contributed by atoms with Gasteiger partial charge in [-0.05, 0) is 55.7 Å². The van der Waals surface area contributed by atoms with E-state index in [9.17, 15) is 0 Å². The molecule has 0 unspecified atom stereocenters. The van der Waals surface area contributed by atoms with Crippen molar-refractivity contribution in [1.29, 1.82) is 0 Å². The number of methoxy groups -OCH3 is 1. The molecule has 2 saturated heterocycles. The van der Waals surface area contributed by atoms with Crippen LogP contribution in [0.3, 0.4) is 0 Å². The van der Waals surface area contributed by atoms with Gasteiger partial charge in [0, 0.05) is 59.0 Å². The first-order valence-electron chi connectivity index (χ1n) is 10.9. The molecule has 6 heteroatoms. The molecule has 0 bridgehead atoms. The Morgan fingerprint density at radius 1 is 1.14 bits per heavy atom. The van der Waals surface area contributed by atoms with Gasteiger partial charge in [-0.1, -0.05) is 12.1 Å². The van der Waals surface area contributed by atoms with Crippen LogP contribution in [0.5, 0.6) is 5.75 Å². The van der Waals surface area contributed by atoms with Crippen LogP contribution >= 0.6 is 0 Å². The molecule has 162 valence electrons. The van der Waals surface area contributed by atoms with E-state index in [-0.39, 0.29) is 5.41 Å². The van der Waals surface area contributed by atoms with Crippen molar-refractivity contribution in [2.75, 3.05) is 60.7 Å². The summed E-state index contributed by atoms with van der Waals surface area (Å²) in [5.41, 5.74) is 1.40. The van der Waals surface area contributed by atoms with Crippen LogP contribution in [0.25, 0.3) is 0 Å². The number of hydrogen-bond donors (Lipinski definition) is 1. The Labute approximate surface area is 175 Å². The number of benzene rings is 1. The highest BCUT2D eigenvalue weighted by Crippen LogP contribution is 2.35. The van der Waals surface area contributed by atoms with E-state index in [1.54, 1.807) is 7.11 Å². The van der Waals surface area contributed by atoms with Gasteiger partial charge in [0.2, 0.25) is 0 Å². The van der Waals surface area contributed by atoms with E-state index in [4.69, 9.17) is 14.2 Å². The van der Waals surface area contributed by atoms with Crippen molar-refractivity contribution >= 4 is 5.96 Å². The lowest BCUT2D eigenvalue weighted by molar-refractivity contribution is 0.0510. The van der Waals surface area contributed by atoms with Gasteiger partial charge >= 0.3 is 0 Å². The summed E-state index contributed by atoms with van der Waals surface area (Å²) in [7, 11) is 5.72.